The Labute approximate surface area is 256 Å². The van der Waals surface area contributed by atoms with Gasteiger partial charge >= 0.3 is 6.36 Å². The molecule has 0 atom stereocenters. The van der Waals surface area contributed by atoms with Crippen molar-refractivity contribution in [2.24, 2.45) is 4.99 Å². The molecule has 5 rings (SSSR count). The average Bonchev–Trinajstić information content (AvgIpc) is 3.59. The van der Waals surface area contributed by atoms with Crippen LogP contribution in [0.5, 0.6) is 5.75 Å². The lowest BCUT2D eigenvalue weighted by Gasteiger charge is -2.19. The molecule has 43 heavy (non-hydrogen) atoms. The molecule has 1 saturated heterocycles. The molecule has 0 aliphatic carbocycles. The predicted molar refractivity (Wildman–Crippen MR) is 167 cm³/mol. The van der Waals surface area contributed by atoms with E-state index in [2.05, 4.69) is 19.8 Å². The van der Waals surface area contributed by atoms with Crippen LogP contribution in [0.4, 0.5) is 18.9 Å². The summed E-state index contributed by atoms with van der Waals surface area (Å²) >= 11 is 6.97. The largest absolute Gasteiger partial charge is 0.573 e. The Bertz CT molecular complexity index is 1650. The molecule has 4 aromatic rings. The zero-order chi connectivity index (χ0) is 30.6. The molecule has 2 heterocycles. The number of aliphatic imine (C=N–C) groups is 1. The maximum Gasteiger partial charge on any atom is 0.573 e. The van der Waals surface area contributed by atoms with Crippen molar-refractivity contribution in [3.63, 3.8) is 0 Å². The van der Waals surface area contributed by atoms with Crippen LogP contribution in [0.15, 0.2) is 78.0 Å². The van der Waals surface area contributed by atoms with Crippen molar-refractivity contribution in [1.29, 1.82) is 0 Å². The van der Waals surface area contributed by atoms with Crippen molar-refractivity contribution in [3.05, 3.63) is 89.7 Å². The number of carbonyl (C=O) groups is 1. The standard InChI is InChI=1S/C31H28F3N5O2S2/c1-20-7-8-21(2)26(17-20)39-28(40)18-43-30(39)36-27(42)6-4-3-5-22-9-11-23(12-10-22)29-35-19-38(37-29)24-13-15-25(16-14-24)41-31(32,33)34/h7-17,19H,3-6,18H2,1-2H3. The summed E-state index contributed by atoms with van der Waals surface area (Å²) in [7, 11) is 0. The molecule has 1 aromatic heterocycles. The van der Waals surface area contributed by atoms with Gasteiger partial charge in [-0.2, -0.15) is 0 Å². The van der Waals surface area contributed by atoms with Crippen LogP contribution in [0, 0.1) is 13.8 Å². The highest BCUT2D eigenvalue weighted by atomic mass is 32.2. The zero-order valence-electron chi connectivity index (χ0n) is 23.5. The van der Waals surface area contributed by atoms with Crippen LogP contribution in [-0.4, -0.2) is 42.9 Å². The number of anilines is 1. The van der Waals surface area contributed by atoms with E-state index in [1.54, 1.807) is 4.90 Å². The molecule has 0 spiro atoms. The topological polar surface area (TPSA) is 72.6 Å². The summed E-state index contributed by atoms with van der Waals surface area (Å²) in [6.07, 6.45) is 0.107. The highest BCUT2D eigenvalue weighted by molar-refractivity contribution is 8.15. The second kappa shape index (κ2) is 13.1. The molecular formula is C31H28F3N5O2S2. The van der Waals surface area contributed by atoms with Gasteiger partial charge in [-0.15, -0.1) is 18.3 Å². The number of nitrogens with zero attached hydrogens (tertiary/aromatic N) is 5. The Balaban J connectivity index is 1.12. The lowest BCUT2D eigenvalue weighted by atomic mass is 10.0. The Morgan fingerprint density at radius 1 is 1.05 bits per heavy atom. The predicted octanol–water partition coefficient (Wildman–Crippen LogP) is 7.63. The highest BCUT2D eigenvalue weighted by Gasteiger charge is 2.32. The average molecular weight is 624 g/mol. The summed E-state index contributed by atoms with van der Waals surface area (Å²) < 4.78 is 42.6. The monoisotopic (exact) mass is 623 g/mol. The number of benzene rings is 3. The number of ether oxygens (including phenoxy) is 1. The normalized spacial score (nSPS) is 14.5. The van der Waals surface area contributed by atoms with Gasteiger partial charge in [0, 0.05) is 12.0 Å². The summed E-state index contributed by atoms with van der Waals surface area (Å²) in [5.74, 6) is 0.574. The van der Waals surface area contributed by atoms with Crippen LogP contribution in [-0.2, 0) is 11.2 Å². The number of halogens is 3. The number of aromatic nitrogens is 3. The quantitative estimate of drug-likeness (QED) is 0.141. The molecule has 3 aromatic carbocycles. The lowest BCUT2D eigenvalue weighted by Crippen LogP contribution is -2.30. The number of thiocarbonyl (C=S) groups is 1. The van der Waals surface area contributed by atoms with Crippen molar-refractivity contribution >= 4 is 45.7 Å². The number of rotatable bonds is 9. The number of amidine groups is 1. The van der Waals surface area contributed by atoms with Gasteiger partial charge in [-0.3, -0.25) is 9.69 Å². The number of hydrogen-bond acceptors (Lipinski definition) is 6. The van der Waals surface area contributed by atoms with Crippen molar-refractivity contribution in [2.45, 2.75) is 45.9 Å². The van der Waals surface area contributed by atoms with Crippen LogP contribution < -0.4 is 9.64 Å². The van der Waals surface area contributed by atoms with E-state index in [1.165, 1.54) is 52.6 Å². The van der Waals surface area contributed by atoms with Crippen LogP contribution in [0.3, 0.4) is 0 Å². The second-order valence-corrected chi connectivity index (χ2v) is 11.5. The lowest BCUT2D eigenvalue weighted by molar-refractivity contribution is -0.274. The summed E-state index contributed by atoms with van der Waals surface area (Å²) in [6.45, 7) is 3.99. The molecule has 7 nitrogen and oxygen atoms in total. The summed E-state index contributed by atoms with van der Waals surface area (Å²) in [5, 5.41) is 5.09. The Kier molecular flexibility index (Phi) is 9.26. The second-order valence-electron chi connectivity index (χ2n) is 10.1. The van der Waals surface area contributed by atoms with Crippen molar-refractivity contribution in [2.75, 3.05) is 10.7 Å². The van der Waals surface area contributed by atoms with Crippen molar-refractivity contribution in [1.82, 2.24) is 14.8 Å². The summed E-state index contributed by atoms with van der Waals surface area (Å²) in [4.78, 5) is 23.9. The number of aryl methyl sites for hydroxylation is 3. The van der Waals surface area contributed by atoms with E-state index in [9.17, 15) is 18.0 Å². The molecule has 0 saturated carbocycles. The molecule has 1 aliphatic heterocycles. The first kappa shape index (κ1) is 30.4. The Morgan fingerprint density at radius 3 is 2.51 bits per heavy atom. The van der Waals surface area contributed by atoms with Gasteiger partial charge in [0.05, 0.1) is 17.1 Å². The SMILES string of the molecule is Cc1ccc(C)c(N2C(=O)CSC2=NC(=S)CCCCc2ccc(-c3ncn(-c4ccc(OC(F)(F)F)cc4)n3)cc2)c1. The molecular weight excluding hydrogens is 596 g/mol. The van der Waals surface area contributed by atoms with E-state index in [-0.39, 0.29) is 11.7 Å². The maximum absolute atomic E-state index is 12.6. The fourth-order valence-electron chi connectivity index (χ4n) is 4.55. The summed E-state index contributed by atoms with van der Waals surface area (Å²) in [5.41, 5.74) is 5.51. The summed E-state index contributed by atoms with van der Waals surface area (Å²) in [6, 6.07) is 19.4. The van der Waals surface area contributed by atoms with E-state index in [0.717, 1.165) is 41.6 Å². The number of amides is 1. The molecule has 0 unspecified atom stereocenters. The van der Waals surface area contributed by atoms with Crippen LogP contribution in [0.1, 0.15) is 36.0 Å². The third-order valence-corrected chi connectivity index (χ3v) is 7.95. The molecule has 1 amide bonds. The molecule has 1 aliphatic rings. The maximum atomic E-state index is 12.6. The molecule has 12 heteroatoms. The van der Waals surface area contributed by atoms with E-state index < -0.39 is 6.36 Å². The van der Waals surface area contributed by atoms with Gasteiger partial charge in [-0.25, -0.2) is 14.7 Å². The van der Waals surface area contributed by atoms with Crippen LogP contribution in [0.25, 0.3) is 17.1 Å². The van der Waals surface area contributed by atoms with Crippen molar-refractivity contribution < 1.29 is 22.7 Å². The fourth-order valence-corrected chi connectivity index (χ4v) is 5.73. The van der Waals surface area contributed by atoms with Gasteiger partial charge in [0.25, 0.3) is 0 Å². The van der Waals surface area contributed by atoms with Gasteiger partial charge in [0.1, 0.15) is 17.1 Å². The number of unbranched alkanes of at least 4 members (excludes halogenated alkanes) is 1. The van der Waals surface area contributed by atoms with Gasteiger partial charge < -0.3 is 4.74 Å². The number of carbonyl (C=O) groups excluding carboxylic acids is 1. The third-order valence-electron chi connectivity index (χ3n) is 6.74. The smallest absolute Gasteiger partial charge is 0.406 e. The molecule has 222 valence electrons. The Hall–Kier alpha value is -4.03. The van der Waals surface area contributed by atoms with E-state index in [0.29, 0.717) is 33.8 Å². The molecule has 0 radical (unpaired) electrons. The highest BCUT2D eigenvalue weighted by Crippen LogP contribution is 2.30. The van der Waals surface area contributed by atoms with E-state index in [1.807, 2.05) is 56.3 Å². The van der Waals surface area contributed by atoms with Gasteiger partial charge in [-0.05, 0) is 80.1 Å². The zero-order valence-corrected chi connectivity index (χ0v) is 25.1. The van der Waals surface area contributed by atoms with E-state index >= 15 is 0 Å². The first-order valence-corrected chi connectivity index (χ1v) is 15.0. The van der Waals surface area contributed by atoms with Crippen LogP contribution in [0.2, 0.25) is 0 Å². The number of thioether (sulfide) groups is 1. The Morgan fingerprint density at radius 2 is 1.79 bits per heavy atom. The van der Waals surface area contributed by atoms with Gasteiger partial charge in [0.15, 0.2) is 11.0 Å². The van der Waals surface area contributed by atoms with E-state index in [4.69, 9.17) is 12.2 Å². The third kappa shape index (κ3) is 7.88. The van der Waals surface area contributed by atoms with Crippen LogP contribution >= 0.6 is 24.0 Å². The molecule has 1 fully saturated rings. The first-order chi connectivity index (χ1) is 20.6. The molecule has 0 bridgehead atoms. The minimum absolute atomic E-state index is 0.0132. The van der Waals surface area contributed by atoms with Gasteiger partial charge in [-0.1, -0.05) is 60.4 Å². The minimum Gasteiger partial charge on any atom is -0.406 e. The molecule has 0 N–H and O–H groups in total. The minimum atomic E-state index is -4.74. The van der Waals surface area contributed by atoms with Crippen molar-refractivity contribution in [3.8, 4) is 22.8 Å². The van der Waals surface area contributed by atoms with Gasteiger partial charge in [0.2, 0.25) is 5.91 Å². The first-order valence-electron chi connectivity index (χ1n) is 13.6. The number of hydrogen-bond donors (Lipinski definition) is 0. The fraction of sp³-hybridized carbons (Fsp3) is 0.258. The number of alkyl halides is 3.